The third-order valence-corrected chi connectivity index (χ3v) is 4.35. The molecule has 0 aliphatic carbocycles. The Bertz CT molecular complexity index is 641. The fourth-order valence-electron chi connectivity index (χ4n) is 1.91. The number of amides is 1. The molecule has 0 aromatic heterocycles. The number of thioether (sulfide) groups is 1. The van der Waals surface area contributed by atoms with Gasteiger partial charge in [0.2, 0.25) is 5.91 Å². The summed E-state index contributed by atoms with van der Waals surface area (Å²) in [6.45, 7) is 2.06. The van der Waals surface area contributed by atoms with Crippen molar-refractivity contribution in [1.82, 2.24) is 0 Å². The van der Waals surface area contributed by atoms with Gasteiger partial charge in [0.15, 0.2) is 0 Å². The summed E-state index contributed by atoms with van der Waals surface area (Å²) in [5.41, 5.74) is 1.99. The van der Waals surface area contributed by atoms with Crippen LogP contribution in [-0.2, 0) is 4.79 Å². The Labute approximate surface area is 133 Å². The van der Waals surface area contributed by atoms with Crippen LogP contribution in [0.15, 0.2) is 54.6 Å². The van der Waals surface area contributed by atoms with E-state index in [0.29, 0.717) is 11.4 Å². The van der Waals surface area contributed by atoms with Crippen molar-refractivity contribution in [2.45, 2.75) is 12.2 Å². The molecule has 0 radical (unpaired) electrons. The maximum absolute atomic E-state index is 11.9. The van der Waals surface area contributed by atoms with Crippen LogP contribution in [0.1, 0.15) is 28.1 Å². The third kappa shape index (κ3) is 4.63. The summed E-state index contributed by atoms with van der Waals surface area (Å²) < 4.78 is 0. The van der Waals surface area contributed by atoms with E-state index in [1.165, 1.54) is 17.7 Å². The fraction of sp³-hybridized carbons (Fsp3) is 0.176. The molecule has 5 heteroatoms. The van der Waals surface area contributed by atoms with Crippen LogP contribution in [0.3, 0.4) is 0 Å². The first kappa shape index (κ1) is 16.1. The second kappa shape index (κ2) is 7.66. The lowest BCUT2D eigenvalue weighted by Gasteiger charge is -2.11. The summed E-state index contributed by atoms with van der Waals surface area (Å²) in [5, 5.41) is 11.8. The molecule has 1 unspecified atom stereocenters. The molecule has 0 spiro atoms. The van der Waals surface area contributed by atoms with Crippen molar-refractivity contribution in [3.63, 3.8) is 0 Å². The molecule has 1 amide bonds. The molecule has 1 atom stereocenters. The highest BCUT2D eigenvalue weighted by atomic mass is 32.2. The van der Waals surface area contributed by atoms with Crippen molar-refractivity contribution in [3.05, 3.63) is 65.7 Å². The van der Waals surface area contributed by atoms with Gasteiger partial charge in [-0.15, -0.1) is 11.8 Å². The Balaban J connectivity index is 1.84. The van der Waals surface area contributed by atoms with Gasteiger partial charge in [0.25, 0.3) is 0 Å². The number of aromatic carboxylic acids is 1. The van der Waals surface area contributed by atoms with Gasteiger partial charge in [0, 0.05) is 10.9 Å². The van der Waals surface area contributed by atoms with Gasteiger partial charge in [-0.3, -0.25) is 4.79 Å². The smallest absolute Gasteiger partial charge is 0.335 e. The Morgan fingerprint density at radius 3 is 2.32 bits per heavy atom. The highest BCUT2D eigenvalue weighted by Gasteiger charge is 2.09. The van der Waals surface area contributed by atoms with Crippen LogP contribution in [0.4, 0.5) is 5.69 Å². The zero-order valence-corrected chi connectivity index (χ0v) is 13.0. The largest absolute Gasteiger partial charge is 0.478 e. The predicted molar refractivity (Wildman–Crippen MR) is 89.3 cm³/mol. The summed E-state index contributed by atoms with van der Waals surface area (Å²) in [5.74, 6) is -0.738. The Hall–Kier alpha value is -2.27. The monoisotopic (exact) mass is 315 g/mol. The van der Waals surface area contributed by atoms with E-state index in [4.69, 9.17) is 5.11 Å². The van der Waals surface area contributed by atoms with Crippen molar-refractivity contribution < 1.29 is 14.7 Å². The van der Waals surface area contributed by atoms with Crippen LogP contribution in [0.2, 0.25) is 0 Å². The number of carbonyl (C=O) groups is 2. The van der Waals surface area contributed by atoms with Crippen LogP contribution >= 0.6 is 11.8 Å². The lowest BCUT2D eigenvalue weighted by atomic mass is 10.2. The van der Waals surface area contributed by atoms with E-state index >= 15 is 0 Å². The lowest BCUT2D eigenvalue weighted by Crippen LogP contribution is -2.14. The van der Waals surface area contributed by atoms with Crippen molar-refractivity contribution in [2.24, 2.45) is 0 Å². The summed E-state index contributed by atoms with van der Waals surface area (Å²) in [6, 6.07) is 16.1. The third-order valence-electron chi connectivity index (χ3n) is 3.15. The first-order valence-electron chi connectivity index (χ1n) is 6.86. The summed E-state index contributed by atoms with van der Waals surface area (Å²) in [6.07, 6.45) is 0. The molecule has 0 saturated carbocycles. The Morgan fingerprint density at radius 1 is 1.09 bits per heavy atom. The molecular formula is C17H17NO3S. The van der Waals surface area contributed by atoms with Crippen molar-refractivity contribution >= 4 is 29.3 Å². The van der Waals surface area contributed by atoms with Crippen molar-refractivity contribution in [1.29, 1.82) is 0 Å². The van der Waals surface area contributed by atoms with Gasteiger partial charge in [-0.1, -0.05) is 30.3 Å². The zero-order valence-electron chi connectivity index (χ0n) is 12.2. The highest BCUT2D eigenvalue weighted by molar-refractivity contribution is 8.00. The predicted octanol–water partition coefficient (Wildman–Crippen LogP) is 3.82. The molecule has 0 saturated heterocycles. The average Bonchev–Trinajstić information content (AvgIpc) is 2.54. The number of benzene rings is 2. The van der Waals surface area contributed by atoms with Gasteiger partial charge in [0.05, 0.1) is 11.3 Å². The average molecular weight is 315 g/mol. The summed E-state index contributed by atoms with van der Waals surface area (Å²) in [7, 11) is 0. The molecule has 0 bridgehead atoms. The first-order valence-corrected chi connectivity index (χ1v) is 7.91. The molecule has 2 aromatic carbocycles. The molecule has 4 nitrogen and oxygen atoms in total. The molecule has 22 heavy (non-hydrogen) atoms. The number of hydrogen-bond acceptors (Lipinski definition) is 3. The van der Waals surface area contributed by atoms with Crippen LogP contribution in [-0.4, -0.2) is 22.7 Å². The van der Waals surface area contributed by atoms with Gasteiger partial charge >= 0.3 is 5.97 Å². The van der Waals surface area contributed by atoms with E-state index in [1.807, 2.05) is 30.3 Å². The van der Waals surface area contributed by atoms with Crippen LogP contribution in [0, 0.1) is 0 Å². The van der Waals surface area contributed by atoms with E-state index in [-0.39, 0.29) is 16.7 Å². The van der Waals surface area contributed by atoms with Crippen molar-refractivity contribution in [3.8, 4) is 0 Å². The number of hydrogen-bond donors (Lipinski definition) is 2. The molecule has 0 aliphatic rings. The van der Waals surface area contributed by atoms with Gasteiger partial charge < -0.3 is 10.4 Å². The second-order valence-electron chi connectivity index (χ2n) is 4.79. The van der Waals surface area contributed by atoms with Crippen molar-refractivity contribution in [2.75, 3.05) is 11.1 Å². The number of nitrogens with one attached hydrogen (secondary N) is 1. The van der Waals surface area contributed by atoms with Gasteiger partial charge in [-0.25, -0.2) is 4.79 Å². The maximum atomic E-state index is 11.9. The minimum Gasteiger partial charge on any atom is -0.478 e. The molecule has 0 heterocycles. The van der Waals surface area contributed by atoms with Gasteiger partial charge in [0.1, 0.15) is 0 Å². The molecule has 2 N–H and O–H groups in total. The minimum atomic E-state index is -0.981. The number of carbonyl (C=O) groups excluding carboxylic acids is 1. The lowest BCUT2D eigenvalue weighted by molar-refractivity contribution is -0.113. The number of anilines is 1. The Morgan fingerprint density at radius 2 is 1.73 bits per heavy atom. The summed E-state index contributed by atoms with van der Waals surface area (Å²) in [4.78, 5) is 22.7. The number of rotatable bonds is 6. The second-order valence-corrected chi connectivity index (χ2v) is 6.12. The van der Waals surface area contributed by atoms with Crippen LogP contribution in [0.5, 0.6) is 0 Å². The van der Waals surface area contributed by atoms with Gasteiger partial charge in [-0.2, -0.15) is 0 Å². The number of carboxylic acid groups (broad SMARTS) is 1. The molecule has 0 aliphatic heterocycles. The zero-order chi connectivity index (χ0) is 15.9. The first-order chi connectivity index (χ1) is 10.6. The van der Waals surface area contributed by atoms with E-state index in [1.54, 1.807) is 23.9 Å². The molecular weight excluding hydrogens is 298 g/mol. The van der Waals surface area contributed by atoms with Crippen LogP contribution < -0.4 is 5.32 Å². The Kier molecular flexibility index (Phi) is 5.61. The fourth-order valence-corrected chi connectivity index (χ4v) is 2.74. The topological polar surface area (TPSA) is 66.4 Å². The molecule has 114 valence electrons. The van der Waals surface area contributed by atoms with Gasteiger partial charge in [-0.05, 0) is 36.8 Å². The quantitative estimate of drug-likeness (QED) is 0.850. The molecule has 2 aromatic rings. The molecule has 2 rings (SSSR count). The van der Waals surface area contributed by atoms with E-state index in [2.05, 4.69) is 12.2 Å². The van der Waals surface area contributed by atoms with E-state index < -0.39 is 5.97 Å². The highest BCUT2D eigenvalue weighted by Crippen LogP contribution is 2.27. The van der Waals surface area contributed by atoms with E-state index in [0.717, 1.165) is 0 Å². The SMILES string of the molecule is CC(SCC(=O)Nc1ccc(C(=O)O)cc1)c1ccccc1. The normalized spacial score (nSPS) is 11.7. The summed E-state index contributed by atoms with van der Waals surface area (Å²) >= 11 is 1.56. The molecule has 0 fully saturated rings. The standard InChI is InChI=1S/C17H17NO3S/c1-12(13-5-3-2-4-6-13)22-11-16(19)18-15-9-7-14(8-10-15)17(20)21/h2-10,12H,11H2,1H3,(H,18,19)(H,20,21). The number of carboxylic acids is 1. The van der Waals surface area contributed by atoms with E-state index in [9.17, 15) is 9.59 Å². The minimum absolute atomic E-state index is 0.101. The van der Waals surface area contributed by atoms with Crippen LogP contribution in [0.25, 0.3) is 0 Å². The maximum Gasteiger partial charge on any atom is 0.335 e.